The molecule has 0 amide bonds. The van der Waals surface area contributed by atoms with Gasteiger partial charge in [0.25, 0.3) is 0 Å². The van der Waals surface area contributed by atoms with Crippen LogP contribution in [0.25, 0.3) is 11.5 Å². The number of aromatic nitrogens is 1. The molecule has 0 fully saturated rings. The van der Waals surface area contributed by atoms with E-state index in [2.05, 4.69) is 4.98 Å². The molecule has 0 spiro atoms. The third-order valence-electron chi connectivity index (χ3n) is 4.74. The Balaban J connectivity index is 1.62. The third kappa shape index (κ3) is 5.87. The summed E-state index contributed by atoms with van der Waals surface area (Å²) >= 11 is 0. The molecular weight excluding hydrogens is 386 g/mol. The maximum atomic E-state index is 12.5. The van der Waals surface area contributed by atoms with Crippen molar-refractivity contribution in [1.29, 1.82) is 0 Å². The largest absolute Gasteiger partial charge is 0.441 e. The monoisotopic (exact) mass is 411 g/mol. The van der Waals surface area contributed by atoms with Gasteiger partial charge in [0.05, 0.1) is 11.4 Å². The molecule has 3 rings (SSSR count). The number of ketones is 1. The highest BCUT2D eigenvalue weighted by Crippen LogP contribution is 2.23. The molecule has 0 unspecified atom stereocenters. The molecule has 0 atom stereocenters. The number of Topliss-reactive ketones (excluding diaryl/α,β-unsaturated/α-hetero) is 1. The lowest BCUT2D eigenvalue weighted by atomic mass is 10.1. The molecule has 5 nitrogen and oxygen atoms in total. The van der Waals surface area contributed by atoms with Crippen LogP contribution in [0.2, 0.25) is 0 Å². The number of hydrogen-bond donors (Lipinski definition) is 0. The first kappa shape index (κ1) is 21.0. The molecule has 152 valence electrons. The van der Waals surface area contributed by atoms with E-state index in [0.29, 0.717) is 23.8 Å². The molecule has 1 heterocycles. The van der Waals surface area contributed by atoms with Crippen LogP contribution >= 0.6 is 0 Å². The van der Waals surface area contributed by atoms with Gasteiger partial charge in [-0.05, 0) is 44.9 Å². The summed E-state index contributed by atoms with van der Waals surface area (Å²) < 4.78 is 30.7. The normalized spacial score (nSPS) is 11.6. The number of sulfone groups is 1. The Morgan fingerprint density at radius 3 is 2.14 bits per heavy atom. The lowest BCUT2D eigenvalue weighted by Gasteiger charge is -2.04. The first-order chi connectivity index (χ1) is 13.7. The Morgan fingerprint density at radius 1 is 0.931 bits per heavy atom. The Labute approximate surface area is 171 Å². The fraction of sp³-hybridized carbons (Fsp3) is 0.304. The standard InChI is InChI=1S/C23H25NO4S/c1-16-4-8-19(9-5-16)10-13-21(25)14-29(26,27)15-22-18(3)28-23(24-22)20-11-6-17(2)7-12-20/h4-9,11-12H,10,13-15H2,1-3H3. The fourth-order valence-electron chi connectivity index (χ4n) is 3.00. The summed E-state index contributed by atoms with van der Waals surface area (Å²) in [5.41, 5.74) is 4.43. The van der Waals surface area contributed by atoms with Crippen molar-refractivity contribution in [3.05, 3.63) is 76.7 Å². The van der Waals surface area contributed by atoms with Crippen LogP contribution in [-0.4, -0.2) is 24.9 Å². The Morgan fingerprint density at radius 2 is 1.52 bits per heavy atom. The highest BCUT2D eigenvalue weighted by molar-refractivity contribution is 7.91. The first-order valence-electron chi connectivity index (χ1n) is 9.53. The molecule has 0 bridgehead atoms. The first-order valence-corrected chi connectivity index (χ1v) is 11.3. The molecule has 6 heteroatoms. The minimum Gasteiger partial charge on any atom is -0.441 e. The molecule has 0 radical (unpaired) electrons. The van der Waals surface area contributed by atoms with E-state index in [9.17, 15) is 13.2 Å². The van der Waals surface area contributed by atoms with Crippen molar-refractivity contribution in [2.24, 2.45) is 0 Å². The van der Waals surface area contributed by atoms with Crippen molar-refractivity contribution in [1.82, 2.24) is 4.98 Å². The SMILES string of the molecule is Cc1ccc(CCC(=O)CS(=O)(=O)Cc2nc(-c3ccc(C)cc3)oc2C)cc1. The average molecular weight is 412 g/mol. The quantitative estimate of drug-likeness (QED) is 0.550. The second kappa shape index (κ2) is 8.74. The van der Waals surface area contributed by atoms with Gasteiger partial charge in [-0.15, -0.1) is 0 Å². The summed E-state index contributed by atoms with van der Waals surface area (Å²) in [6.45, 7) is 5.67. The molecule has 2 aromatic carbocycles. The molecule has 0 aliphatic carbocycles. The molecule has 3 aromatic rings. The lowest BCUT2D eigenvalue weighted by molar-refractivity contribution is -0.116. The number of aryl methyl sites for hydroxylation is 4. The van der Waals surface area contributed by atoms with E-state index >= 15 is 0 Å². The van der Waals surface area contributed by atoms with Crippen LogP contribution in [0.15, 0.2) is 52.9 Å². The predicted molar refractivity (Wildman–Crippen MR) is 113 cm³/mol. The molecule has 0 saturated carbocycles. The maximum Gasteiger partial charge on any atom is 0.226 e. The number of benzene rings is 2. The van der Waals surface area contributed by atoms with Gasteiger partial charge in [0.15, 0.2) is 9.84 Å². The number of carbonyl (C=O) groups is 1. The van der Waals surface area contributed by atoms with Gasteiger partial charge in [0.1, 0.15) is 17.3 Å². The van der Waals surface area contributed by atoms with Crippen LogP contribution in [0, 0.1) is 20.8 Å². The average Bonchev–Trinajstić information content (AvgIpc) is 3.01. The second-order valence-corrected chi connectivity index (χ2v) is 9.51. The molecule has 0 N–H and O–H groups in total. The highest BCUT2D eigenvalue weighted by atomic mass is 32.2. The fourth-order valence-corrected chi connectivity index (χ4v) is 4.42. The smallest absolute Gasteiger partial charge is 0.226 e. The van der Waals surface area contributed by atoms with Crippen molar-refractivity contribution >= 4 is 15.6 Å². The maximum absolute atomic E-state index is 12.5. The van der Waals surface area contributed by atoms with Crippen molar-refractivity contribution in [3.63, 3.8) is 0 Å². The van der Waals surface area contributed by atoms with Crippen LogP contribution in [-0.2, 0) is 26.8 Å². The highest BCUT2D eigenvalue weighted by Gasteiger charge is 2.22. The van der Waals surface area contributed by atoms with Crippen LogP contribution in [0.5, 0.6) is 0 Å². The predicted octanol–water partition coefficient (Wildman–Crippen LogP) is 4.38. The van der Waals surface area contributed by atoms with Crippen LogP contribution < -0.4 is 0 Å². The number of hydrogen-bond acceptors (Lipinski definition) is 5. The minimum absolute atomic E-state index is 0.203. The summed E-state index contributed by atoms with van der Waals surface area (Å²) in [5, 5.41) is 0. The van der Waals surface area contributed by atoms with Crippen molar-refractivity contribution in [2.75, 3.05) is 5.75 Å². The van der Waals surface area contributed by atoms with Crippen molar-refractivity contribution in [3.8, 4) is 11.5 Å². The van der Waals surface area contributed by atoms with E-state index in [0.717, 1.165) is 22.3 Å². The van der Waals surface area contributed by atoms with Gasteiger partial charge in [-0.2, -0.15) is 0 Å². The zero-order chi connectivity index (χ0) is 21.0. The Bertz CT molecular complexity index is 1090. The van der Waals surface area contributed by atoms with Crippen molar-refractivity contribution in [2.45, 2.75) is 39.4 Å². The minimum atomic E-state index is -3.62. The molecule has 0 aliphatic rings. The van der Waals surface area contributed by atoms with Gasteiger partial charge in [0, 0.05) is 12.0 Å². The third-order valence-corrected chi connectivity index (χ3v) is 6.22. The number of oxazole rings is 1. The summed E-state index contributed by atoms with van der Waals surface area (Å²) in [6.07, 6.45) is 0.740. The van der Waals surface area contributed by atoms with Gasteiger partial charge >= 0.3 is 0 Å². The molecule has 29 heavy (non-hydrogen) atoms. The van der Waals surface area contributed by atoms with Gasteiger partial charge in [-0.1, -0.05) is 47.5 Å². The Kier molecular flexibility index (Phi) is 6.33. The molecular formula is C23H25NO4S. The summed E-state index contributed by atoms with van der Waals surface area (Å²) in [7, 11) is -3.62. The van der Waals surface area contributed by atoms with E-state index in [4.69, 9.17) is 4.42 Å². The van der Waals surface area contributed by atoms with E-state index in [1.165, 1.54) is 0 Å². The second-order valence-electron chi connectivity index (χ2n) is 7.44. The van der Waals surface area contributed by atoms with E-state index < -0.39 is 15.6 Å². The van der Waals surface area contributed by atoms with Crippen LogP contribution in [0.1, 0.15) is 34.6 Å². The lowest BCUT2D eigenvalue weighted by Crippen LogP contribution is -2.18. The van der Waals surface area contributed by atoms with Crippen LogP contribution in [0.3, 0.4) is 0 Å². The number of carbonyl (C=O) groups excluding carboxylic acids is 1. The van der Waals surface area contributed by atoms with E-state index in [1.807, 2.05) is 62.4 Å². The summed E-state index contributed by atoms with van der Waals surface area (Å²) in [4.78, 5) is 16.6. The van der Waals surface area contributed by atoms with E-state index in [-0.39, 0.29) is 18.0 Å². The van der Waals surface area contributed by atoms with Crippen LogP contribution in [0.4, 0.5) is 0 Å². The molecule has 0 aliphatic heterocycles. The summed E-state index contributed by atoms with van der Waals surface area (Å²) in [5.74, 6) is -0.227. The van der Waals surface area contributed by atoms with Gasteiger partial charge in [-0.25, -0.2) is 13.4 Å². The summed E-state index contributed by atoms with van der Waals surface area (Å²) in [6, 6.07) is 15.5. The zero-order valence-electron chi connectivity index (χ0n) is 16.9. The zero-order valence-corrected chi connectivity index (χ0v) is 17.8. The van der Waals surface area contributed by atoms with E-state index in [1.54, 1.807) is 6.92 Å². The van der Waals surface area contributed by atoms with Gasteiger partial charge in [-0.3, -0.25) is 4.79 Å². The molecule has 1 aromatic heterocycles. The number of rotatable bonds is 8. The Hall–Kier alpha value is -2.73. The number of nitrogens with zero attached hydrogens (tertiary/aromatic N) is 1. The molecule has 0 saturated heterocycles. The van der Waals surface area contributed by atoms with Gasteiger partial charge < -0.3 is 4.42 Å². The van der Waals surface area contributed by atoms with Crippen molar-refractivity contribution < 1.29 is 17.6 Å². The van der Waals surface area contributed by atoms with Gasteiger partial charge in [0.2, 0.25) is 5.89 Å². The topological polar surface area (TPSA) is 77.2 Å².